The Morgan fingerprint density at radius 3 is 2.73 bits per heavy atom. The molecule has 0 spiro atoms. The number of amides is 2. The average Bonchev–Trinajstić information content (AvgIpc) is 3.06. The number of primary amides is 1. The molecule has 0 atom stereocenters. The van der Waals surface area contributed by atoms with Gasteiger partial charge in [-0.3, -0.25) is 9.59 Å². The summed E-state index contributed by atoms with van der Waals surface area (Å²) in [6.45, 7) is 1.40. The Morgan fingerprint density at radius 1 is 1.41 bits per heavy atom. The van der Waals surface area contributed by atoms with Crippen LogP contribution in [0.15, 0.2) is 22.0 Å². The third-order valence-corrected chi connectivity index (χ3v) is 5.87. The van der Waals surface area contributed by atoms with Crippen molar-refractivity contribution in [2.24, 2.45) is 16.6 Å². The lowest BCUT2D eigenvalue weighted by Gasteiger charge is -2.31. The second kappa shape index (κ2) is 6.44. The van der Waals surface area contributed by atoms with Crippen molar-refractivity contribution in [3.05, 3.63) is 26.3 Å². The first-order valence-electron chi connectivity index (χ1n) is 6.85. The minimum atomic E-state index is -0.244. The molecule has 1 saturated heterocycles. The number of thiophene rings is 1. The smallest absolute Gasteiger partial charge is 0.286 e. The minimum Gasteiger partial charge on any atom is -0.369 e. The number of rotatable bonds is 2. The Hall–Kier alpha value is -1.31. The zero-order valence-corrected chi connectivity index (χ0v) is 14.0. The van der Waals surface area contributed by atoms with Gasteiger partial charge in [0.25, 0.3) is 5.91 Å². The number of thioether (sulfide) groups is 1. The van der Waals surface area contributed by atoms with Crippen LogP contribution in [0, 0.1) is 5.92 Å². The monoisotopic (exact) mass is 355 g/mol. The zero-order chi connectivity index (χ0) is 15.7. The maximum atomic E-state index is 12.0. The summed E-state index contributed by atoms with van der Waals surface area (Å²) in [5.41, 5.74) is 5.33. The zero-order valence-electron chi connectivity index (χ0n) is 11.6. The molecular weight excluding hydrogens is 342 g/mol. The maximum absolute atomic E-state index is 12.0. The number of carbonyl (C=O) groups is 2. The number of piperidine rings is 1. The number of aliphatic imine (C=N–C) groups is 1. The van der Waals surface area contributed by atoms with E-state index in [1.54, 1.807) is 6.07 Å². The molecule has 3 heterocycles. The van der Waals surface area contributed by atoms with E-state index in [2.05, 4.69) is 4.99 Å². The number of nitrogens with two attached hydrogens (primary N) is 1. The highest BCUT2D eigenvalue weighted by atomic mass is 35.5. The first-order valence-corrected chi connectivity index (χ1v) is 8.86. The molecule has 1 fully saturated rings. The molecular formula is C14H14ClN3O2S2. The van der Waals surface area contributed by atoms with Gasteiger partial charge in [-0.05, 0) is 42.8 Å². The van der Waals surface area contributed by atoms with E-state index in [9.17, 15) is 9.59 Å². The third kappa shape index (κ3) is 3.37. The van der Waals surface area contributed by atoms with Crippen molar-refractivity contribution in [2.45, 2.75) is 12.8 Å². The highest BCUT2D eigenvalue weighted by Gasteiger charge is 2.30. The van der Waals surface area contributed by atoms with Gasteiger partial charge in [0.1, 0.15) is 0 Å². The minimum absolute atomic E-state index is 0.0674. The molecule has 0 radical (unpaired) electrons. The van der Waals surface area contributed by atoms with Gasteiger partial charge >= 0.3 is 0 Å². The van der Waals surface area contributed by atoms with Crippen LogP contribution in [0.5, 0.6) is 0 Å². The fourth-order valence-corrected chi connectivity index (χ4v) is 4.46. The fourth-order valence-electron chi connectivity index (χ4n) is 2.42. The van der Waals surface area contributed by atoms with Gasteiger partial charge in [-0.2, -0.15) is 4.99 Å². The molecule has 3 rings (SSSR count). The van der Waals surface area contributed by atoms with E-state index in [1.165, 1.54) is 23.1 Å². The maximum Gasteiger partial charge on any atom is 0.286 e. The first-order chi connectivity index (χ1) is 10.5. The molecule has 8 heteroatoms. The van der Waals surface area contributed by atoms with Crippen LogP contribution in [-0.4, -0.2) is 35.0 Å². The van der Waals surface area contributed by atoms with Crippen LogP contribution < -0.4 is 5.73 Å². The molecule has 2 N–H and O–H groups in total. The van der Waals surface area contributed by atoms with Gasteiger partial charge in [-0.25, -0.2) is 0 Å². The van der Waals surface area contributed by atoms with Crippen molar-refractivity contribution in [2.75, 3.05) is 13.1 Å². The number of nitrogens with zero attached hydrogens (tertiary/aromatic N) is 2. The van der Waals surface area contributed by atoms with E-state index in [-0.39, 0.29) is 17.7 Å². The quantitative estimate of drug-likeness (QED) is 0.827. The van der Waals surface area contributed by atoms with Gasteiger partial charge in [-0.15, -0.1) is 11.3 Å². The Kier molecular flexibility index (Phi) is 4.56. The van der Waals surface area contributed by atoms with Crippen LogP contribution in [0.2, 0.25) is 4.34 Å². The van der Waals surface area contributed by atoms with Gasteiger partial charge < -0.3 is 10.6 Å². The van der Waals surface area contributed by atoms with Crippen molar-refractivity contribution in [1.82, 2.24) is 4.90 Å². The summed E-state index contributed by atoms with van der Waals surface area (Å²) < 4.78 is 0.692. The van der Waals surface area contributed by atoms with Crippen molar-refractivity contribution in [3.8, 4) is 0 Å². The van der Waals surface area contributed by atoms with Crippen LogP contribution in [0.4, 0.5) is 0 Å². The van der Waals surface area contributed by atoms with Crippen molar-refractivity contribution in [3.63, 3.8) is 0 Å². The van der Waals surface area contributed by atoms with Gasteiger partial charge in [0.05, 0.1) is 9.24 Å². The third-order valence-electron chi connectivity index (χ3n) is 3.64. The summed E-state index contributed by atoms with van der Waals surface area (Å²) in [6.07, 6.45) is 3.24. The Bertz CT molecular complexity index is 675. The van der Waals surface area contributed by atoms with Crippen molar-refractivity contribution < 1.29 is 9.59 Å². The van der Waals surface area contributed by atoms with Crippen LogP contribution >= 0.6 is 34.7 Å². The molecule has 22 heavy (non-hydrogen) atoms. The molecule has 0 saturated carbocycles. The molecule has 1 aromatic heterocycles. The number of halogens is 1. The molecule has 2 aliphatic heterocycles. The average molecular weight is 356 g/mol. The van der Waals surface area contributed by atoms with Gasteiger partial charge in [0.2, 0.25) is 5.91 Å². The number of hydrogen-bond donors (Lipinski definition) is 1. The molecule has 0 bridgehead atoms. The first kappa shape index (κ1) is 15.6. The van der Waals surface area contributed by atoms with E-state index < -0.39 is 0 Å². The predicted octanol–water partition coefficient (Wildman–Crippen LogP) is 2.57. The van der Waals surface area contributed by atoms with Crippen LogP contribution in [0.1, 0.15) is 17.7 Å². The van der Waals surface area contributed by atoms with E-state index in [0.29, 0.717) is 40.3 Å². The van der Waals surface area contributed by atoms with Crippen LogP contribution in [-0.2, 0) is 9.59 Å². The molecule has 0 unspecified atom stereocenters. The largest absolute Gasteiger partial charge is 0.369 e. The standard InChI is InChI=1S/C14H14ClN3O2S2/c15-11-2-1-9(21-11)7-10-13(20)17-14(22-10)18-5-3-8(4-6-18)12(16)19/h1-2,7-8H,3-6H2,(H2,16,19). The highest BCUT2D eigenvalue weighted by Crippen LogP contribution is 2.33. The molecule has 5 nitrogen and oxygen atoms in total. The number of hydrogen-bond acceptors (Lipinski definition) is 5. The summed E-state index contributed by atoms with van der Waals surface area (Å²) in [4.78, 5) is 30.9. The molecule has 1 aromatic rings. The Morgan fingerprint density at radius 2 is 2.14 bits per heavy atom. The summed E-state index contributed by atoms with van der Waals surface area (Å²) in [5, 5.41) is 0.710. The Labute approximate surface area is 141 Å². The van der Waals surface area contributed by atoms with E-state index >= 15 is 0 Å². The molecule has 116 valence electrons. The molecule has 0 aromatic carbocycles. The number of amidine groups is 1. The van der Waals surface area contributed by atoms with E-state index in [0.717, 1.165) is 4.88 Å². The lowest BCUT2D eigenvalue weighted by molar-refractivity contribution is -0.123. The van der Waals surface area contributed by atoms with E-state index in [4.69, 9.17) is 17.3 Å². The Balaban J connectivity index is 1.66. The summed E-state index contributed by atoms with van der Waals surface area (Å²) in [7, 11) is 0. The van der Waals surface area contributed by atoms with Crippen LogP contribution in [0.3, 0.4) is 0 Å². The van der Waals surface area contributed by atoms with Crippen LogP contribution in [0.25, 0.3) is 6.08 Å². The van der Waals surface area contributed by atoms with Crippen molar-refractivity contribution in [1.29, 1.82) is 0 Å². The number of carbonyl (C=O) groups excluding carboxylic acids is 2. The summed E-state index contributed by atoms with van der Waals surface area (Å²) in [5.74, 6) is -0.532. The topological polar surface area (TPSA) is 75.8 Å². The van der Waals surface area contributed by atoms with Crippen molar-refractivity contribution >= 4 is 57.8 Å². The SMILES string of the molecule is NC(=O)C1CCN(C2=NC(=O)C(=Cc3ccc(Cl)s3)S2)CC1. The molecule has 2 amide bonds. The lowest BCUT2D eigenvalue weighted by atomic mass is 9.97. The molecule has 2 aliphatic rings. The fraction of sp³-hybridized carbons (Fsp3) is 0.357. The lowest BCUT2D eigenvalue weighted by Crippen LogP contribution is -2.40. The second-order valence-corrected chi connectivity index (χ2v) is 7.87. The number of likely N-dealkylation sites (tertiary alicyclic amines) is 1. The highest BCUT2D eigenvalue weighted by molar-refractivity contribution is 8.18. The molecule has 0 aliphatic carbocycles. The summed E-state index contributed by atoms with van der Waals surface area (Å²) >= 11 is 8.69. The van der Waals surface area contributed by atoms with Gasteiger partial charge in [-0.1, -0.05) is 11.6 Å². The van der Waals surface area contributed by atoms with Gasteiger partial charge in [0, 0.05) is 23.9 Å². The normalized spacial score (nSPS) is 21.5. The van der Waals surface area contributed by atoms with E-state index in [1.807, 2.05) is 17.0 Å². The van der Waals surface area contributed by atoms with Gasteiger partial charge in [0.15, 0.2) is 5.17 Å². The second-order valence-electron chi connectivity index (χ2n) is 5.12. The predicted molar refractivity (Wildman–Crippen MR) is 90.8 cm³/mol. The summed E-state index contributed by atoms with van der Waals surface area (Å²) in [6, 6.07) is 3.68.